The summed E-state index contributed by atoms with van der Waals surface area (Å²) < 4.78 is 6.93. The Kier molecular flexibility index (Phi) is 5.76. The summed E-state index contributed by atoms with van der Waals surface area (Å²) in [5.41, 5.74) is 3.48. The van der Waals surface area contributed by atoms with Crippen LogP contribution in [-0.4, -0.2) is 11.0 Å². The van der Waals surface area contributed by atoms with Crippen LogP contribution in [-0.2, 0) is 13.2 Å². The molecule has 0 aliphatic rings. The van der Waals surface area contributed by atoms with Crippen LogP contribution in [0.15, 0.2) is 41.1 Å². The first kappa shape index (κ1) is 16.0. The fourth-order valence-corrected chi connectivity index (χ4v) is 2.41. The number of rotatable bonds is 6. The molecule has 0 aliphatic heterocycles. The van der Waals surface area contributed by atoms with Crippen LogP contribution in [0.3, 0.4) is 0 Å². The molecule has 1 aromatic heterocycles. The van der Waals surface area contributed by atoms with Gasteiger partial charge in [-0.25, -0.2) is 0 Å². The van der Waals surface area contributed by atoms with E-state index in [1.54, 1.807) is 6.20 Å². The molecule has 0 fully saturated rings. The van der Waals surface area contributed by atoms with E-state index in [1.807, 2.05) is 18.3 Å². The molecule has 1 aromatic carbocycles. The van der Waals surface area contributed by atoms with Gasteiger partial charge in [0.2, 0.25) is 0 Å². The molecular formula is C17H21BrN2O. The van der Waals surface area contributed by atoms with Crippen LogP contribution in [0.2, 0.25) is 0 Å². The number of pyridine rings is 1. The van der Waals surface area contributed by atoms with Crippen molar-refractivity contribution in [2.45, 2.75) is 40.0 Å². The fraction of sp³-hybridized carbons (Fsp3) is 0.353. The van der Waals surface area contributed by atoms with Crippen molar-refractivity contribution in [1.82, 2.24) is 10.3 Å². The van der Waals surface area contributed by atoms with Gasteiger partial charge in [0.05, 0.1) is 0 Å². The SMILES string of the molecule is Cc1ccc(OCc2cncc(Br)c2)c(CNC(C)C)c1. The van der Waals surface area contributed by atoms with Gasteiger partial charge < -0.3 is 10.1 Å². The lowest BCUT2D eigenvalue weighted by molar-refractivity contribution is 0.301. The van der Waals surface area contributed by atoms with Crippen LogP contribution in [0, 0.1) is 6.92 Å². The van der Waals surface area contributed by atoms with Gasteiger partial charge in [-0.3, -0.25) is 4.98 Å². The summed E-state index contributed by atoms with van der Waals surface area (Å²) in [6.45, 7) is 7.71. The number of nitrogens with one attached hydrogen (secondary N) is 1. The normalized spacial score (nSPS) is 10.9. The zero-order valence-corrected chi connectivity index (χ0v) is 14.3. The maximum Gasteiger partial charge on any atom is 0.124 e. The van der Waals surface area contributed by atoms with Crippen LogP contribution < -0.4 is 10.1 Å². The van der Waals surface area contributed by atoms with Crippen molar-refractivity contribution in [3.05, 3.63) is 57.8 Å². The Bertz CT molecular complexity index is 599. The molecule has 0 saturated heterocycles. The van der Waals surface area contributed by atoms with Crippen molar-refractivity contribution in [2.75, 3.05) is 0 Å². The van der Waals surface area contributed by atoms with Crippen molar-refractivity contribution in [3.63, 3.8) is 0 Å². The average molecular weight is 349 g/mol. The highest BCUT2D eigenvalue weighted by atomic mass is 79.9. The Hall–Kier alpha value is -1.39. The molecule has 0 spiro atoms. The lowest BCUT2D eigenvalue weighted by Gasteiger charge is -2.14. The number of halogens is 1. The number of hydrogen-bond acceptors (Lipinski definition) is 3. The van der Waals surface area contributed by atoms with E-state index in [0.29, 0.717) is 12.6 Å². The first-order valence-electron chi connectivity index (χ1n) is 7.09. The van der Waals surface area contributed by atoms with Gasteiger partial charge in [0.25, 0.3) is 0 Å². The first-order valence-corrected chi connectivity index (χ1v) is 7.89. The van der Waals surface area contributed by atoms with Crippen molar-refractivity contribution in [1.29, 1.82) is 0 Å². The van der Waals surface area contributed by atoms with E-state index in [1.165, 1.54) is 11.1 Å². The molecule has 112 valence electrons. The van der Waals surface area contributed by atoms with Crippen LogP contribution in [0.25, 0.3) is 0 Å². The highest BCUT2D eigenvalue weighted by Crippen LogP contribution is 2.22. The highest BCUT2D eigenvalue weighted by Gasteiger charge is 2.06. The number of ether oxygens (including phenoxy) is 1. The number of benzene rings is 1. The van der Waals surface area contributed by atoms with Crippen molar-refractivity contribution >= 4 is 15.9 Å². The van der Waals surface area contributed by atoms with Gasteiger partial charge in [-0.1, -0.05) is 31.5 Å². The van der Waals surface area contributed by atoms with E-state index < -0.39 is 0 Å². The van der Waals surface area contributed by atoms with Gasteiger partial charge in [-0.15, -0.1) is 0 Å². The summed E-state index contributed by atoms with van der Waals surface area (Å²) in [6, 6.07) is 8.76. The molecule has 3 nitrogen and oxygen atoms in total. The van der Waals surface area contributed by atoms with E-state index in [-0.39, 0.29) is 0 Å². The largest absolute Gasteiger partial charge is 0.489 e. The third-order valence-corrected chi connectivity index (χ3v) is 3.51. The molecule has 0 saturated carbocycles. The van der Waals surface area contributed by atoms with E-state index in [4.69, 9.17) is 4.74 Å². The van der Waals surface area contributed by atoms with Gasteiger partial charge in [-0.05, 0) is 35.0 Å². The van der Waals surface area contributed by atoms with Gasteiger partial charge in [0.15, 0.2) is 0 Å². The quantitative estimate of drug-likeness (QED) is 0.848. The molecule has 0 atom stereocenters. The van der Waals surface area contributed by atoms with Gasteiger partial charge in [-0.2, -0.15) is 0 Å². The van der Waals surface area contributed by atoms with Crippen LogP contribution >= 0.6 is 15.9 Å². The molecular weight excluding hydrogens is 328 g/mol. The molecule has 1 N–H and O–H groups in total. The van der Waals surface area contributed by atoms with E-state index in [0.717, 1.165) is 22.3 Å². The zero-order chi connectivity index (χ0) is 15.2. The highest BCUT2D eigenvalue weighted by molar-refractivity contribution is 9.10. The van der Waals surface area contributed by atoms with Gasteiger partial charge in [0, 0.05) is 40.6 Å². The molecule has 0 unspecified atom stereocenters. The Balaban J connectivity index is 2.08. The topological polar surface area (TPSA) is 34.1 Å². The standard InChI is InChI=1S/C17H21BrN2O/c1-12(2)20-9-15-6-13(3)4-5-17(15)21-11-14-7-16(18)10-19-8-14/h4-8,10,12,20H,9,11H2,1-3H3. The molecule has 0 bridgehead atoms. The van der Waals surface area contributed by atoms with Crippen LogP contribution in [0.1, 0.15) is 30.5 Å². The minimum atomic E-state index is 0.452. The number of nitrogens with zero attached hydrogens (tertiary/aromatic N) is 1. The minimum absolute atomic E-state index is 0.452. The Labute approximate surface area is 134 Å². The van der Waals surface area contributed by atoms with Crippen LogP contribution in [0.4, 0.5) is 0 Å². The fourth-order valence-electron chi connectivity index (χ4n) is 2.00. The van der Waals surface area contributed by atoms with E-state index in [2.05, 4.69) is 59.1 Å². The summed E-state index contributed by atoms with van der Waals surface area (Å²) in [5.74, 6) is 0.925. The molecule has 4 heteroatoms. The van der Waals surface area contributed by atoms with Gasteiger partial charge >= 0.3 is 0 Å². The summed E-state index contributed by atoms with van der Waals surface area (Å²) in [6.07, 6.45) is 3.60. The molecule has 0 radical (unpaired) electrons. The molecule has 1 heterocycles. The molecule has 2 rings (SSSR count). The van der Waals surface area contributed by atoms with E-state index >= 15 is 0 Å². The molecule has 2 aromatic rings. The number of hydrogen-bond donors (Lipinski definition) is 1. The second-order valence-electron chi connectivity index (χ2n) is 5.45. The number of aromatic nitrogens is 1. The third kappa shape index (κ3) is 5.14. The second-order valence-corrected chi connectivity index (χ2v) is 6.36. The first-order chi connectivity index (χ1) is 10.0. The summed E-state index contributed by atoms with van der Waals surface area (Å²) in [4.78, 5) is 4.15. The number of aryl methyl sites for hydroxylation is 1. The van der Waals surface area contributed by atoms with Crippen LogP contribution in [0.5, 0.6) is 5.75 Å². The Morgan fingerprint density at radius 1 is 1.24 bits per heavy atom. The lowest BCUT2D eigenvalue weighted by Crippen LogP contribution is -2.22. The predicted octanol–water partition coefficient (Wildman–Crippen LogP) is 4.23. The average Bonchev–Trinajstić information content (AvgIpc) is 2.44. The third-order valence-electron chi connectivity index (χ3n) is 3.07. The Morgan fingerprint density at radius 2 is 2.05 bits per heavy atom. The maximum absolute atomic E-state index is 5.96. The van der Waals surface area contributed by atoms with Gasteiger partial charge in [0.1, 0.15) is 12.4 Å². The predicted molar refractivity (Wildman–Crippen MR) is 89.4 cm³/mol. The van der Waals surface area contributed by atoms with Crippen molar-refractivity contribution < 1.29 is 4.74 Å². The molecule has 0 aliphatic carbocycles. The monoisotopic (exact) mass is 348 g/mol. The second kappa shape index (κ2) is 7.57. The molecule has 0 amide bonds. The maximum atomic E-state index is 5.96. The summed E-state index contributed by atoms with van der Waals surface area (Å²) in [7, 11) is 0. The molecule has 21 heavy (non-hydrogen) atoms. The lowest BCUT2D eigenvalue weighted by atomic mass is 10.1. The van der Waals surface area contributed by atoms with Crippen molar-refractivity contribution in [2.24, 2.45) is 0 Å². The minimum Gasteiger partial charge on any atom is -0.489 e. The smallest absolute Gasteiger partial charge is 0.124 e. The summed E-state index contributed by atoms with van der Waals surface area (Å²) in [5, 5.41) is 3.44. The van der Waals surface area contributed by atoms with E-state index in [9.17, 15) is 0 Å². The zero-order valence-electron chi connectivity index (χ0n) is 12.7. The summed E-state index contributed by atoms with van der Waals surface area (Å²) >= 11 is 3.43. The van der Waals surface area contributed by atoms with Crippen molar-refractivity contribution in [3.8, 4) is 5.75 Å². The Morgan fingerprint density at radius 3 is 2.76 bits per heavy atom.